The molecular weight excluding hydrogens is 499 g/mol. The Hall–Kier alpha value is -0.870. The molecule has 1 amide bonds. The number of carbonyl (C=O) groups excluding carboxylic acids is 1. The van der Waals surface area contributed by atoms with Crippen molar-refractivity contribution in [3.63, 3.8) is 0 Å². The first-order valence-electron chi connectivity index (χ1n) is 8.23. The van der Waals surface area contributed by atoms with Crippen molar-refractivity contribution in [2.75, 3.05) is 38.7 Å². The van der Waals surface area contributed by atoms with Gasteiger partial charge in [0.15, 0.2) is 5.96 Å². The van der Waals surface area contributed by atoms with Crippen molar-refractivity contribution < 1.29 is 9.53 Å². The van der Waals surface area contributed by atoms with Crippen molar-refractivity contribution >= 4 is 57.5 Å². The predicted octanol–water partition coefficient (Wildman–Crippen LogP) is 3.38. The molecule has 0 saturated heterocycles. The lowest BCUT2D eigenvalue weighted by atomic mass is 10.3. The van der Waals surface area contributed by atoms with Crippen molar-refractivity contribution in [2.24, 2.45) is 4.99 Å². The van der Waals surface area contributed by atoms with Crippen LogP contribution in [-0.4, -0.2) is 45.2 Å². The van der Waals surface area contributed by atoms with Gasteiger partial charge in [0.05, 0.1) is 0 Å². The molecule has 0 unspecified atom stereocenters. The number of ether oxygens (including phenoxy) is 1. The van der Waals surface area contributed by atoms with Crippen molar-refractivity contribution in [3.8, 4) is 0 Å². The number of anilines is 1. The lowest BCUT2D eigenvalue weighted by Gasteiger charge is -2.12. The van der Waals surface area contributed by atoms with E-state index in [0.29, 0.717) is 18.9 Å². The molecule has 3 N–H and O–H groups in total. The number of carbonyl (C=O) groups is 1. The van der Waals surface area contributed by atoms with E-state index in [4.69, 9.17) is 4.74 Å². The normalized spacial score (nSPS) is 10.8. The van der Waals surface area contributed by atoms with Crippen LogP contribution in [0.15, 0.2) is 33.7 Å². The minimum Gasteiger partial charge on any atom is -0.382 e. The van der Waals surface area contributed by atoms with Gasteiger partial charge in [-0.15, -0.1) is 24.0 Å². The Bertz CT molecular complexity index is 512. The van der Waals surface area contributed by atoms with E-state index in [1.807, 2.05) is 31.2 Å². The van der Waals surface area contributed by atoms with E-state index in [2.05, 4.69) is 36.9 Å². The molecule has 142 valence electrons. The fourth-order valence-electron chi connectivity index (χ4n) is 1.95. The highest BCUT2D eigenvalue weighted by molar-refractivity contribution is 14.0. The Morgan fingerprint density at radius 1 is 1.16 bits per heavy atom. The second-order valence-corrected chi connectivity index (χ2v) is 6.05. The fraction of sp³-hybridized carbons (Fsp3) is 0.529. The highest BCUT2D eigenvalue weighted by Crippen LogP contribution is 2.14. The van der Waals surface area contributed by atoms with Gasteiger partial charge in [-0.05, 0) is 44.0 Å². The molecule has 0 fully saturated rings. The molecule has 0 atom stereocenters. The van der Waals surface area contributed by atoms with Crippen molar-refractivity contribution in [1.29, 1.82) is 0 Å². The molecule has 6 nitrogen and oxygen atoms in total. The van der Waals surface area contributed by atoms with Gasteiger partial charge >= 0.3 is 0 Å². The lowest BCUT2D eigenvalue weighted by Crippen LogP contribution is -2.39. The number of guanidine groups is 1. The number of aliphatic imine (C=N–C) groups is 1. The van der Waals surface area contributed by atoms with E-state index in [1.54, 1.807) is 7.05 Å². The molecule has 25 heavy (non-hydrogen) atoms. The molecule has 0 heterocycles. The molecule has 0 aliphatic carbocycles. The third-order valence-electron chi connectivity index (χ3n) is 3.21. The van der Waals surface area contributed by atoms with E-state index in [0.717, 1.165) is 42.8 Å². The number of hydrogen-bond donors (Lipinski definition) is 3. The molecule has 0 saturated carbocycles. The van der Waals surface area contributed by atoms with Crippen LogP contribution in [0.5, 0.6) is 0 Å². The van der Waals surface area contributed by atoms with E-state index in [1.165, 1.54) is 0 Å². The first kappa shape index (κ1) is 24.1. The first-order valence-corrected chi connectivity index (χ1v) is 9.02. The number of nitrogens with one attached hydrogen (secondary N) is 3. The van der Waals surface area contributed by atoms with Crippen LogP contribution in [-0.2, 0) is 9.53 Å². The highest BCUT2D eigenvalue weighted by Gasteiger charge is 2.03. The molecule has 0 aliphatic rings. The van der Waals surface area contributed by atoms with E-state index >= 15 is 0 Å². The Kier molecular flexibility index (Phi) is 14.9. The van der Waals surface area contributed by atoms with Gasteiger partial charge in [0.2, 0.25) is 5.91 Å². The maximum absolute atomic E-state index is 11.9. The quantitative estimate of drug-likeness (QED) is 0.189. The van der Waals surface area contributed by atoms with Crippen LogP contribution in [0.25, 0.3) is 0 Å². The van der Waals surface area contributed by atoms with Crippen molar-refractivity contribution in [1.82, 2.24) is 10.6 Å². The third-order valence-corrected chi connectivity index (χ3v) is 3.74. The van der Waals surface area contributed by atoms with Gasteiger partial charge in [0, 0.05) is 49.9 Å². The van der Waals surface area contributed by atoms with Gasteiger partial charge in [-0.1, -0.05) is 15.9 Å². The van der Waals surface area contributed by atoms with E-state index in [9.17, 15) is 4.79 Å². The summed E-state index contributed by atoms with van der Waals surface area (Å²) in [4.78, 5) is 16.0. The number of hydrogen-bond acceptors (Lipinski definition) is 3. The maximum atomic E-state index is 11.9. The first-order chi connectivity index (χ1) is 11.7. The van der Waals surface area contributed by atoms with Crippen molar-refractivity contribution in [3.05, 3.63) is 28.7 Å². The summed E-state index contributed by atoms with van der Waals surface area (Å²) in [6.45, 7) is 4.91. The fourth-order valence-corrected chi connectivity index (χ4v) is 2.22. The summed E-state index contributed by atoms with van der Waals surface area (Å²) in [5, 5.41) is 9.22. The van der Waals surface area contributed by atoms with Gasteiger partial charge in [-0.2, -0.15) is 0 Å². The Morgan fingerprint density at radius 2 is 1.84 bits per heavy atom. The minimum absolute atomic E-state index is 0. The van der Waals surface area contributed by atoms with Gasteiger partial charge < -0.3 is 20.7 Å². The Morgan fingerprint density at radius 3 is 2.48 bits per heavy atom. The van der Waals surface area contributed by atoms with Crippen LogP contribution in [0.1, 0.15) is 26.2 Å². The number of halogens is 2. The van der Waals surface area contributed by atoms with E-state index < -0.39 is 0 Å². The molecule has 1 rings (SSSR count). The van der Waals surface area contributed by atoms with Gasteiger partial charge in [-0.25, -0.2) is 0 Å². The molecule has 0 aromatic heterocycles. The molecule has 0 aliphatic heterocycles. The second-order valence-electron chi connectivity index (χ2n) is 5.13. The molecule has 0 radical (unpaired) electrons. The number of nitrogens with zero attached hydrogens (tertiary/aromatic N) is 1. The summed E-state index contributed by atoms with van der Waals surface area (Å²) >= 11 is 3.37. The maximum Gasteiger partial charge on any atom is 0.226 e. The molecule has 0 bridgehead atoms. The monoisotopic (exact) mass is 526 g/mol. The zero-order chi connectivity index (χ0) is 17.6. The number of unbranched alkanes of at least 4 members (excludes halogenated alkanes) is 1. The second kappa shape index (κ2) is 15.4. The van der Waals surface area contributed by atoms with Crippen LogP contribution in [0.4, 0.5) is 5.69 Å². The number of rotatable bonds is 10. The third kappa shape index (κ3) is 12.2. The van der Waals surface area contributed by atoms with Crippen LogP contribution >= 0.6 is 39.9 Å². The summed E-state index contributed by atoms with van der Waals surface area (Å²) in [5.74, 6) is 0.680. The summed E-state index contributed by atoms with van der Waals surface area (Å²) in [5.41, 5.74) is 0.792. The summed E-state index contributed by atoms with van der Waals surface area (Å²) < 4.78 is 6.28. The molecular formula is C17H28BrIN4O2. The zero-order valence-electron chi connectivity index (χ0n) is 14.8. The Labute approximate surface area is 175 Å². The molecule has 0 spiro atoms. The van der Waals surface area contributed by atoms with Crippen LogP contribution in [0.2, 0.25) is 0 Å². The predicted molar refractivity (Wildman–Crippen MR) is 118 cm³/mol. The SMILES string of the molecule is CCOCCCCNC(=NC)NCCC(=O)Nc1ccc(Br)cc1.I. The van der Waals surface area contributed by atoms with Crippen LogP contribution < -0.4 is 16.0 Å². The smallest absolute Gasteiger partial charge is 0.226 e. The van der Waals surface area contributed by atoms with E-state index in [-0.39, 0.29) is 29.9 Å². The number of benzene rings is 1. The Balaban J connectivity index is 0.00000576. The topological polar surface area (TPSA) is 74.8 Å². The van der Waals surface area contributed by atoms with Crippen LogP contribution in [0.3, 0.4) is 0 Å². The van der Waals surface area contributed by atoms with Crippen molar-refractivity contribution in [2.45, 2.75) is 26.2 Å². The number of amides is 1. The molecule has 1 aromatic carbocycles. The van der Waals surface area contributed by atoms with Gasteiger partial charge in [0.1, 0.15) is 0 Å². The minimum atomic E-state index is -0.0306. The molecule has 8 heteroatoms. The summed E-state index contributed by atoms with van der Waals surface area (Å²) in [6, 6.07) is 7.51. The zero-order valence-corrected chi connectivity index (χ0v) is 18.7. The highest BCUT2D eigenvalue weighted by atomic mass is 127. The summed E-state index contributed by atoms with van der Waals surface area (Å²) in [7, 11) is 1.72. The van der Waals surface area contributed by atoms with Crippen LogP contribution in [0, 0.1) is 0 Å². The average Bonchev–Trinajstić information content (AvgIpc) is 2.58. The summed E-state index contributed by atoms with van der Waals surface area (Å²) in [6.07, 6.45) is 2.42. The standard InChI is InChI=1S/C17H27BrN4O2.HI/c1-3-24-13-5-4-11-20-17(19-2)21-12-10-16(23)22-15-8-6-14(18)7-9-15;/h6-9H,3-5,10-13H2,1-2H3,(H,22,23)(H2,19,20,21);1H. The lowest BCUT2D eigenvalue weighted by molar-refractivity contribution is -0.116. The van der Waals surface area contributed by atoms with Gasteiger partial charge in [0.25, 0.3) is 0 Å². The molecule has 1 aromatic rings. The average molecular weight is 527 g/mol. The largest absolute Gasteiger partial charge is 0.382 e. The van der Waals surface area contributed by atoms with Gasteiger partial charge in [-0.3, -0.25) is 9.79 Å².